The number of nitro benzene ring substituents is 1. The highest BCUT2D eigenvalue weighted by Gasteiger charge is 2.45. The number of ether oxygens (including phenoxy) is 1. The van der Waals surface area contributed by atoms with Gasteiger partial charge in [-0.15, -0.1) is 11.3 Å². The second-order valence-corrected chi connectivity index (χ2v) is 16.6. The summed E-state index contributed by atoms with van der Waals surface area (Å²) in [6.45, 7) is 10.3. The molecule has 0 spiro atoms. The molecule has 0 bridgehead atoms. The van der Waals surface area contributed by atoms with Gasteiger partial charge in [0.1, 0.15) is 10.6 Å². The number of alkyl halides is 2. The van der Waals surface area contributed by atoms with Gasteiger partial charge in [0.15, 0.2) is 10.2 Å². The number of hydrogen-bond acceptors (Lipinski definition) is 11. The highest BCUT2D eigenvalue weighted by atomic mass is 32.2. The summed E-state index contributed by atoms with van der Waals surface area (Å²) in [6, 6.07) is 10.4. The Morgan fingerprint density at radius 3 is 1.89 bits per heavy atom. The Balaban J connectivity index is 1.75. The van der Waals surface area contributed by atoms with E-state index >= 15 is 8.78 Å². The van der Waals surface area contributed by atoms with Gasteiger partial charge in [-0.25, -0.2) is 4.79 Å². The van der Waals surface area contributed by atoms with Gasteiger partial charge in [0.25, 0.3) is 14.1 Å². The number of thioether (sulfide) groups is 2. The summed E-state index contributed by atoms with van der Waals surface area (Å²) in [4.78, 5) is 47.6. The van der Waals surface area contributed by atoms with E-state index < -0.39 is 35.8 Å². The molecule has 244 valence electrons. The molecule has 0 aliphatic carbocycles. The molecule has 1 heterocycles. The van der Waals surface area contributed by atoms with Gasteiger partial charge in [0, 0.05) is 44.7 Å². The molecular formula is C30H34F2NO8PS3. The average Bonchev–Trinajstić information content (AvgIpc) is 3.39. The smallest absolute Gasteiger partial charge is 0.353 e. The molecule has 0 saturated carbocycles. The van der Waals surface area contributed by atoms with Crippen LogP contribution in [0.2, 0.25) is 0 Å². The largest absolute Gasteiger partial charge is 0.422 e. The van der Waals surface area contributed by atoms with Crippen LogP contribution in [0.3, 0.4) is 0 Å². The number of esters is 1. The van der Waals surface area contributed by atoms with E-state index in [1.165, 1.54) is 48.5 Å². The third kappa shape index (κ3) is 10.5. The Kier molecular flexibility index (Phi) is 12.7. The van der Waals surface area contributed by atoms with E-state index in [1.807, 2.05) is 0 Å². The van der Waals surface area contributed by atoms with Crippen LogP contribution in [0.15, 0.2) is 48.5 Å². The Morgan fingerprint density at radius 1 is 0.867 bits per heavy atom. The third-order valence-corrected chi connectivity index (χ3v) is 11.0. The molecule has 0 unspecified atom stereocenters. The van der Waals surface area contributed by atoms with Crippen LogP contribution in [0, 0.1) is 20.9 Å². The predicted molar refractivity (Wildman–Crippen MR) is 176 cm³/mol. The summed E-state index contributed by atoms with van der Waals surface area (Å²) in [6.07, 6.45) is 0. The summed E-state index contributed by atoms with van der Waals surface area (Å²) < 4.78 is 48.8. The number of non-ortho nitro benzene ring substituents is 1. The van der Waals surface area contributed by atoms with Crippen LogP contribution in [0.4, 0.5) is 14.5 Å². The quantitative estimate of drug-likeness (QED) is 0.0426. The van der Waals surface area contributed by atoms with Gasteiger partial charge in [-0.2, -0.15) is 8.78 Å². The number of thiophene rings is 1. The molecule has 0 aliphatic heterocycles. The molecule has 3 aromatic rings. The van der Waals surface area contributed by atoms with E-state index in [0.29, 0.717) is 10.1 Å². The van der Waals surface area contributed by atoms with E-state index in [2.05, 4.69) is 0 Å². The van der Waals surface area contributed by atoms with Crippen LogP contribution in [0.1, 0.15) is 56.8 Å². The number of fused-ring (bicyclic) bond motifs is 1. The molecule has 2 aromatic carbocycles. The van der Waals surface area contributed by atoms with Crippen LogP contribution in [0.25, 0.3) is 10.1 Å². The first-order valence-electron chi connectivity index (χ1n) is 13.7. The van der Waals surface area contributed by atoms with Crippen molar-refractivity contribution in [2.24, 2.45) is 10.8 Å². The summed E-state index contributed by atoms with van der Waals surface area (Å²) in [7, 11) is -2.82. The molecule has 15 heteroatoms. The molecule has 0 atom stereocenters. The summed E-state index contributed by atoms with van der Waals surface area (Å²) in [5.41, 5.74) is -5.29. The normalized spacial score (nSPS) is 12.5. The number of nitro groups is 1. The van der Waals surface area contributed by atoms with E-state index in [-0.39, 0.29) is 56.8 Å². The monoisotopic (exact) mass is 701 g/mol. The van der Waals surface area contributed by atoms with Crippen molar-refractivity contribution in [3.05, 3.63) is 69.1 Å². The van der Waals surface area contributed by atoms with Crippen LogP contribution in [-0.2, 0) is 24.3 Å². The van der Waals surface area contributed by atoms with E-state index in [9.17, 15) is 24.5 Å². The minimum Gasteiger partial charge on any atom is -0.422 e. The van der Waals surface area contributed by atoms with Gasteiger partial charge in [0.2, 0.25) is 0 Å². The van der Waals surface area contributed by atoms with Crippen LogP contribution in [0.5, 0.6) is 5.75 Å². The van der Waals surface area contributed by atoms with Gasteiger partial charge in [0.05, 0.1) is 18.1 Å². The fraction of sp³-hybridized carbons (Fsp3) is 0.433. The lowest BCUT2D eigenvalue weighted by molar-refractivity contribution is -0.384. The number of nitrogens with zero attached hydrogens (tertiary/aromatic N) is 1. The first-order chi connectivity index (χ1) is 20.9. The van der Waals surface area contributed by atoms with Crippen LogP contribution < -0.4 is 4.74 Å². The molecule has 0 radical (unpaired) electrons. The van der Waals surface area contributed by atoms with Gasteiger partial charge in [-0.3, -0.25) is 19.7 Å². The van der Waals surface area contributed by atoms with Crippen molar-refractivity contribution in [1.82, 2.24) is 0 Å². The molecule has 0 fully saturated rings. The second-order valence-electron chi connectivity index (χ2n) is 11.7. The van der Waals surface area contributed by atoms with E-state index in [4.69, 9.17) is 13.8 Å². The van der Waals surface area contributed by atoms with Crippen molar-refractivity contribution < 1.29 is 41.9 Å². The molecule has 1 aromatic heterocycles. The molecule has 0 saturated heterocycles. The van der Waals surface area contributed by atoms with Gasteiger partial charge in [-0.1, -0.05) is 71.1 Å². The molecule has 0 aliphatic rings. The molecule has 45 heavy (non-hydrogen) atoms. The zero-order valence-electron chi connectivity index (χ0n) is 25.6. The fourth-order valence-electron chi connectivity index (χ4n) is 3.37. The second kappa shape index (κ2) is 15.4. The van der Waals surface area contributed by atoms with Crippen molar-refractivity contribution in [3.63, 3.8) is 0 Å². The Morgan fingerprint density at radius 2 is 1.40 bits per heavy atom. The lowest BCUT2D eigenvalue weighted by Gasteiger charge is -2.26. The van der Waals surface area contributed by atoms with Gasteiger partial charge in [-0.05, 0) is 35.7 Å². The topological polar surface area (TPSA) is 122 Å². The molecule has 0 amide bonds. The SMILES string of the molecule is CC(C)(C)C(=O)SCCOP(OCCSC(=O)C(C)(C)C)C(F)(F)c1ccc2sc(C(=O)Oc3ccc([N+](=O)[O-])cc3)cc2c1. The number of carbonyl (C=O) groups excluding carboxylic acids is 3. The molecule has 3 rings (SSSR count). The van der Waals surface area contributed by atoms with Crippen LogP contribution in [-0.4, -0.2) is 45.8 Å². The zero-order valence-corrected chi connectivity index (χ0v) is 28.9. The maximum absolute atomic E-state index is 15.9. The lowest BCUT2D eigenvalue weighted by Crippen LogP contribution is -2.19. The minimum atomic E-state index is -3.57. The lowest BCUT2D eigenvalue weighted by atomic mass is 9.99. The Labute approximate surface area is 273 Å². The van der Waals surface area contributed by atoms with Crippen molar-refractivity contribution in [3.8, 4) is 5.75 Å². The van der Waals surface area contributed by atoms with Crippen molar-refractivity contribution in [2.45, 2.75) is 47.2 Å². The number of hydrogen-bond donors (Lipinski definition) is 0. The maximum atomic E-state index is 15.9. The first-order valence-corrected chi connectivity index (χ1v) is 17.6. The summed E-state index contributed by atoms with van der Waals surface area (Å²) in [5.74, 6) is -0.318. The van der Waals surface area contributed by atoms with E-state index in [1.54, 1.807) is 41.5 Å². The Hall–Kier alpha value is -2.48. The van der Waals surface area contributed by atoms with Crippen LogP contribution >= 0.6 is 43.2 Å². The molecule has 9 nitrogen and oxygen atoms in total. The van der Waals surface area contributed by atoms with Crippen molar-refractivity contribution >= 4 is 75.2 Å². The minimum absolute atomic E-state index is 0.0917. The fourth-order valence-corrected chi connectivity index (χ4v) is 7.37. The average molecular weight is 702 g/mol. The maximum Gasteiger partial charge on any atom is 0.353 e. The van der Waals surface area contributed by atoms with E-state index in [0.717, 1.165) is 34.9 Å². The third-order valence-electron chi connectivity index (χ3n) is 5.83. The van der Waals surface area contributed by atoms with Gasteiger partial charge >= 0.3 is 11.6 Å². The molecular weight excluding hydrogens is 668 g/mol. The zero-order chi connectivity index (χ0) is 33.6. The number of halogens is 2. The predicted octanol–water partition coefficient (Wildman–Crippen LogP) is 9.03. The van der Waals surface area contributed by atoms with Crippen molar-refractivity contribution in [1.29, 1.82) is 0 Å². The Bertz CT molecular complexity index is 1500. The number of carbonyl (C=O) groups is 3. The van der Waals surface area contributed by atoms with Gasteiger partial charge < -0.3 is 13.8 Å². The number of rotatable bonds is 13. The number of benzene rings is 2. The highest BCUT2D eigenvalue weighted by Crippen LogP contribution is 2.60. The summed E-state index contributed by atoms with van der Waals surface area (Å²) in [5, 5.41) is 11.0. The highest BCUT2D eigenvalue weighted by molar-refractivity contribution is 8.14. The first kappa shape index (κ1) is 37.0. The summed E-state index contributed by atoms with van der Waals surface area (Å²) >= 11 is 3.05. The standard InChI is InChI=1S/C30H34F2NO8PS3/c1-28(2,3)26(35)43-15-13-39-42(40-14-16-44-27(36)29(4,5)6)30(31,32)20-7-12-23-19(17-20)18-24(45-23)25(34)41-22-10-8-21(9-11-22)33(37)38/h7-12,17-18H,13-16H2,1-6H3. The van der Waals surface area contributed by atoms with Crippen molar-refractivity contribution in [2.75, 3.05) is 24.7 Å². The molecule has 0 N–H and O–H groups in total.